The molecule has 0 aromatic carbocycles. The number of phosphoric acid groups is 1. The number of phosphoric ester groups is 1. The van der Waals surface area contributed by atoms with Crippen molar-refractivity contribution in [3.8, 4) is 0 Å². The molecule has 11 heteroatoms. The number of aliphatic hydroxyl groups excluding tert-OH is 2. The van der Waals surface area contributed by atoms with E-state index in [2.05, 4.69) is 4.52 Å². The van der Waals surface area contributed by atoms with E-state index in [0.29, 0.717) is 0 Å². The van der Waals surface area contributed by atoms with Gasteiger partial charge in [0.05, 0.1) is 20.0 Å². The van der Waals surface area contributed by atoms with Crippen molar-refractivity contribution in [1.82, 2.24) is 0 Å². The molecule has 90 valence electrons. The molecular weight excluding hydrogens is 275 g/mol. The van der Waals surface area contributed by atoms with Crippen molar-refractivity contribution in [2.75, 3.05) is 0 Å². The van der Waals surface area contributed by atoms with Gasteiger partial charge in [0.1, 0.15) is 12.2 Å². The summed E-state index contributed by atoms with van der Waals surface area (Å²) < 4.78 is 19.1. The Kier molecular flexibility index (Phi) is 10.4. The molecule has 5 atom stereocenters. The normalized spacial score (nSPS) is 37.9. The van der Waals surface area contributed by atoms with Crippen LogP contribution in [0.4, 0.5) is 0 Å². The van der Waals surface area contributed by atoms with E-state index in [9.17, 15) is 24.6 Å². The summed E-state index contributed by atoms with van der Waals surface area (Å²) in [6, 6.07) is -0.877. The molecule has 1 fully saturated rings. The first-order valence-corrected chi connectivity index (χ1v) is 5.66. The molecule has 0 amide bonds. The fourth-order valence-electron chi connectivity index (χ4n) is 1.26. The second-order valence-electron chi connectivity index (χ2n) is 3.32. The molecule has 1 heterocycles. The van der Waals surface area contributed by atoms with E-state index in [4.69, 9.17) is 10.5 Å². The van der Waals surface area contributed by atoms with Crippen molar-refractivity contribution in [2.24, 2.45) is 5.73 Å². The summed E-state index contributed by atoms with van der Waals surface area (Å²) in [5.74, 6) is 0. The smallest absolute Gasteiger partial charge is 0.790 e. The van der Waals surface area contributed by atoms with Crippen LogP contribution in [0.2, 0.25) is 0 Å². The van der Waals surface area contributed by atoms with Crippen molar-refractivity contribution < 1.29 is 92.9 Å². The number of rotatable bonds is 2. The van der Waals surface area contributed by atoms with Crippen molar-refractivity contribution in [3.05, 3.63) is 0 Å². The zero-order valence-electron chi connectivity index (χ0n) is 9.85. The second-order valence-corrected chi connectivity index (χ2v) is 4.43. The predicted octanol–water partition coefficient (Wildman–Crippen LogP) is -9.37. The molecule has 1 aliphatic heterocycles. The Hall–Kier alpha value is 1.95. The third-order valence-electron chi connectivity index (χ3n) is 2.15. The first-order valence-electron chi connectivity index (χ1n) is 4.20. The molecule has 0 bridgehead atoms. The molecule has 0 unspecified atom stereocenters. The van der Waals surface area contributed by atoms with Crippen molar-refractivity contribution in [3.63, 3.8) is 0 Å². The van der Waals surface area contributed by atoms with E-state index in [1.54, 1.807) is 0 Å². The van der Waals surface area contributed by atoms with Gasteiger partial charge in [-0.1, -0.05) is 0 Å². The van der Waals surface area contributed by atoms with Gasteiger partial charge >= 0.3 is 59.1 Å². The minimum atomic E-state index is -5.28. The van der Waals surface area contributed by atoms with E-state index in [0.717, 1.165) is 0 Å². The summed E-state index contributed by atoms with van der Waals surface area (Å²) in [6.07, 6.45) is -5.53. The molecule has 17 heavy (non-hydrogen) atoms. The van der Waals surface area contributed by atoms with Crippen LogP contribution in [-0.2, 0) is 13.8 Å². The van der Waals surface area contributed by atoms with E-state index in [-0.39, 0.29) is 59.1 Å². The summed E-state index contributed by atoms with van der Waals surface area (Å²) in [4.78, 5) is 20.6. The first kappa shape index (κ1) is 21.3. The van der Waals surface area contributed by atoms with Gasteiger partial charge in [0, 0.05) is 0 Å². The molecule has 0 aliphatic carbocycles. The fourth-order valence-corrected chi connectivity index (χ4v) is 1.69. The summed E-state index contributed by atoms with van der Waals surface area (Å²) in [5.41, 5.74) is 5.42. The molecule has 1 aliphatic rings. The van der Waals surface area contributed by atoms with Crippen LogP contribution in [0.1, 0.15) is 6.92 Å². The van der Waals surface area contributed by atoms with Crippen LogP contribution in [0.5, 0.6) is 0 Å². The summed E-state index contributed by atoms with van der Waals surface area (Å²) >= 11 is 0. The summed E-state index contributed by atoms with van der Waals surface area (Å²) in [6.45, 7) is 1.46. The van der Waals surface area contributed by atoms with Gasteiger partial charge in [-0.3, -0.25) is 0 Å². The Morgan fingerprint density at radius 2 is 1.76 bits per heavy atom. The Morgan fingerprint density at radius 1 is 1.29 bits per heavy atom. The van der Waals surface area contributed by atoms with Gasteiger partial charge in [0.15, 0.2) is 6.29 Å². The van der Waals surface area contributed by atoms with E-state index >= 15 is 0 Å². The number of aliphatic hydroxyl groups is 2. The summed E-state index contributed by atoms with van der Waals surface area (Å²) in [7, 11) is -5.28. The minimum Gasteiger partial charge on any atom is -0.790 e. The van der Waals surface area contributed by atoms with Crippen molar-refractivity contribution >= 4 is 7.82 Å². The Labute approximate surface area is 143 Å². The van der Waals surface area contributed by atoms with Gasteiger partial charge in [0.2, 0.25) is 0 Å². The van der Waals surface area contributed by atoms with E-state index < -0.39 is 38.5 Å². The number of nitrogens with two attached hydrogens (primary N) is 1. The van der Waals surface area contributed by atoms with Crippen LogP contribution in [0.25, 0.3) is 0 Å². The van der Waals surface area contributed by atoms with E-state index in [1.165, 1.54) is 6.92 Å². The molecule has 0 aromatic rings. The largest absolute Gasteiger partial charge is 1.00 e. The molecule has 0 saturated carbocycles. The van der Waals surface area contributed by atoms with Crippen LogP contribution in [0, 0.1) is 0 Å². The van der Waals surface area contributed by atoms with Crippen molar-refractivity contribution in [1.29, 1.82) is 0 Å². The molecule has 0 aromatic heterocycles. The molecule has 1 rings (SSSR count). The zero-order valence-corrected chi connectivity index (χ0v) is 14.7. The molecule has 1 saturated heterocycles. The Bertz CT molecular complexity index is 277. The average molecular weight is 287 g/mol. The van der Waals surface area contributed by atoms with Gasteiger partial charge in [-0.15, -0.1) is 0 Å². The molecule has 0 spiro atoms. The van der Waals surface area contributed by atoms with Crippen LogP contribution in [-0.4, -0.2) is 40.9 Å². The third kappa shape index (κ3) is 6.29. The molecule has 8 nitrogen and oxygen atoms in total. The quantitative estimate of drug-likeness (QED) is 0.335. The number of ether oxygens (including phenoxy) is 1. The second kappa shape index (κ2) is 8.28. The molecule has 0 radical (unpaired) electrons. The maximum Gasteiger partial charge on any atom is 1.00 e. The summed E-state index contributed by atoms with van der Waals surface area (Å²) in [5, 5.41) is 18.7. The third-order valence-corrected chi connectivity index (χ3v) is 2.61. The monoisotopic (exact) mass is 287 g/mol. The maximum atomic E-state index is 10.3. The van der Waals surface area contributed by atoms with Gasteiger partial charge in [-0.2, -0.15) is 0 Å². The van der Waals surface area contributed by atoms with Crippen molar-refractivity contribution in [2.45, 2.75) is 37.6 Å². The maximum absolute atomic E-state index is 10.3. The standard InChI is InChI=1S/C6H14NO7P.2Na/c1-2-3(7)4(8)5(9)6(13-2)14-15(10,11)12;;/h2-6,8-9H,7H2,1H3,(H2,10,11,12);;/q;2*+1/p-2/t2-,3-,4+,5-,6+;;/m1../s1. The zero-order chi connectivity index (χ0) is 11.8. The van der Waals surface area contributed by atoms with Crippen LogP contribution in [0.3, 0.4) is 0 Å². The fraction of sp³-hybridized carbons (Fsp3) is 1.00. The predicted molar refractivity (Wildman–Crippen MR) is 43.0 cm³/mol. The van der Waals surface area contributed by atoms with E-state index in [1.807, 2.05) is 0 Å². The number of hydrogen-bond donors (Lipinski definition) is 3. The SMILES string of the molecule is C[C@H]1O[C@@H](OP(=O)([O-])[O-])[C@H](O)[C@@H](O)[C@@H]1N.[Na+].[Na+]. The van der Waals surface area contributed by atoms with Gasteiger partial charge in [-0.05, 0) is 6.92 Å². The van der Waals surface area contributed by atoms with Crippen LogP contribution in [0.15, 0.2) is 0 Å². The van der Waals surface area contributed by atoms with Crippen LogP contribution < -0.4 is 74.6 Å². The Morgan fingerprint density at radius 3 is 2.18 bits per heavy atom. The number of hydrogen-bond acceptors (Lipinski definition) is 8. The molecular formula is C6H12NNa2O7P. The minimum absolute atomic E-state index is 0. The molecule has 4 N–H and O–H groups in total. The Balaban J connectivity index is 0. The van der Waals surface area contributed by atoms with Gasteiger partial charge in [0.25, 0.3) is 0 Å². The van der Waals surface area contributed by atoms with Crippen LogP contribution >= 0.6 is 7.82 Å². The van der Waals surface area contributed by atoms with Gasteiger partial charge in [-0.25, -0.2) is 0 Å². The topological polar surface area (TPSA) is 148 Å². The van der Waals surface area contributed by atoms with Gasteiger partial charge < -0.3 is 39.6 Å². The average Bonchev–Trinajstić information content (AvgIpc) is 2.08. The first-order chi connectivity index (χ1) is 6.72.